The van der Waals surface area contributed by atoms with Gasteiger partial charge in [0.1, 0.15) is 6.33 Å². The summed E-state index contributed by atoms with van der Waals surface area (Å²) in [5.41, 5.74) is 5.01. The molecule has 0 bridgehead atoms. The van der Waals surface area contributed by atoms with Crippen LogP contribution in [0.1, 0.15) is 48.1 Å². The van der Waals surface area contributed by atoms with Gasteiger partial charge < -0.3 is 4.90 Å². The normalized spacial score (nSPS) is 18.8. The molecule has 6 heteroatoms. The molecule has 1 unspecified atom stereocenters. The number of thiol groups is 1. The van der Waals surface area contributed by atoms with Crippen molar-refractivity contribution < 1.29 is 0 Å². The topological polar surface area (TPSA) is 38.1 Å². The number of hydrogen-bond acceptors (Lipinski definition) is 4. The van der Waals surface area contributed by atoms with Crippen molar-refractivity contribution in [3.63, 3.8) is 0 Å². The monoisotopic (exact) mass is 491 g/mol. The van der Waals surface area contributed by atoms with Gasteiger partial charge in [-0.1, -0.05) is 42.3 Å². The van der Waals surface area contributed by atoms with Gasteiger partial charge in [-0.3, -0.25) is 9.36 Å². The standard InChI is InChI=1S/C28H30ClN3OS/c29-24-10-5-20(6-11-24)7-13-26-27(34)28(33)32(19-30-26)25-12-9-22-16-21(4-8-23(22)17-25)18-31-14-2-1-3-15-31/h5-7,9-13,17,19,21,34H,1-4,8,14-16,18H2/b13-7+. The number of aryl methyl sites for hydroxylation is 1. The minimum Gasteiger partial charge on any atom is -0.303 e. The van der Waals surface area contributed by atoms with Crippen LogP contribution in [0.5, 0.6) is 0 Å². The third-order valence-corrected chi connectivity index (χ3v) is 7.72. The van der Waals surface area contributed by atoms with Crippen molar-refractivity contribution in [1.29, 1.82) is 0 Å². The Kier molecular flexibility index (Phi) is 7.23. The zero-order chi connectivity index (χ0) is 23.5. The van der Waals surface area contributed by atoms with Crippen LogP contribution in [-0.2, 0) is 12.8 Å². The molecule has 0 N–H and O–H groups in total. The van der Waals surface area contributed by atoms with E-state index in [1.165, 1.54) is 56.4 Å². The van der Waals surface area contributed by atoms with Gasteiger partial charge in [-0.2, -0.15) is 0 Å². The van der Waals surface area contributed by atoms with Crippen LogP contribution in [0.4, 0.5) is 0 Å². The molecule has 4 nitrogen and oxygen atoms in total. The lowest BCUT2D eigenvalue weighted by Crippen LogP contribution is -2.36. The van der Waals surface area contributed by atoms with Crippen LogP contribution in [0.25, 0.3) is 17.8 Å². The molecule has 0 spiro atoms. The van der Waals surface area contributed by atoms with Crippen LogP contribution in [-0.4, -0.2) is 34.1 Å². The summed E-state index contributed by atoms with van der Waals surface area (Å²) < 4.78 is 1.60. The van der Waals surface area contributed by atoms with Gasteiger partial charge in [-0.05, 0) is 98.1 Å². The minimum atomic E-state index is -0.159. The molecule has 1 fully saturated rings. The van der Waals surface area contributed by atoms with Crippen LogP contribution >= 0.6 is 24.2 Å². The predicted molar refractivity (Wildman–Crippen MR) is 143 cm³/mol. The van der Waals surface area contributed by atoms with E-state index >= 15 is 0 Å². The molecule has 1 saturated heterocycles. The second-order valence-electron chi connectivity index (χ2n) is 9.46. The van der Waals surface area contributed by atoms with Gasteiger partial charge >= 0.3 is 0 Å². The van der Waals surface area contributed by atoms with Gasteiger partial charge in [0.05, 0.1) is 16.3 Å². The number of likely N-dealkylation sites (tertiary alicyclic amines) is 1. The first-order chi connectivity index (χ1) is 16.6. The van der Waals surface area contributed by atoms with Gasteiger partial charge in [0.25, 0.3) is 5.56 Å². The highest BCUT2D eigenvalue weighted by atomic mass is 35.5. The Morgan fingerprint density at radius 3 is 2.62 bits per heavy atom. The summed E-state index contributed by atoms with van der Waals surface area (Å²) in [4.78, 5) is 20.6. The highest BCUT2D eigenvalue weighted by molar-refractivity contribution is 7.80. The lowest BCUT2D eigenvalue weighted by molar-refractivity contribution is 0.187. The molecule has 0 radical (unpaired) electrons. The van der Waals surface area contributed by atoms with Crippen LogP contribution in [0.3, 0.4) is 0 Å². The molecule has 0 saturated carbocycles. The Bertz CT molecular complexity index is 1250. The van der Waals surface area contributed by atoms with Crippen molar-refractivity contribution in [2.24, 2.45) is 5.92 Å². The van der Waals surface area contributed by atoms with E-state index in [1.807, 2.05) is 42.5 Å². The maximum absolute atomic E-state index is 13.1. The molecule has 1 aliphatic heterocycles. The Morgan fingerprint density at radius 2 is 1.82 bits per heavy atom. The van der Waals surface area contributed by atoms with Gasteiger partial charge in [0.15, 0.2) is 0 Å². The smallest absolute Gasteiger partial charge is 0.271 e. The van der Waals surface area contributed by atoms with Crippen LogP contribution in [0, 0.1) is 5.92 Å². The van der Waals surface area contributed by atoms with E-state index in [0.717, 1.165) is 30.0 Å². The van der Waals surface area contributed by atoms with Crippen molar-refractivity contribution in [1.82, 2.24) is 14.5 Å². The van der Waals surface area contributed by atoms with E-state index in [2.05, 4.69) is 34.6 Å². The third-order valence-electron chi connectivity index (χ3n) is 7.04. The third kappa shape index (κ3) is 5.32. The lowest BCUT2D eigenvalue weighted by Gasteiger charge is -2.33. The fourth-order valence-corrected chi connectivity index (χ4v) is 5.51. The molecule has 34 heavy (non-hydrogen) atoms. The zero-order valence-electron chi connectivity index (χ0n) is 19.3. The van der Waals surface area contributed by atoms with E-state index < -0.39 is 0 Å². The molecule has 2 aromatic carbocycles. The Labute approximate surface area is 211 Å². The maximum atomic E-state index is 13.1. The molecule has 0 amide bonds. The number of rotatable bonds is 5. The van der Waals surface area contributed by atoms with Crippen molar-refractivity contribution in [2.75, 3.05) is 19.6 Å². The highest BCUT2D eigenvalue weighted by Gasteiger charge is 2.22. The van der Waals surface area contributed by atoms with Crippen molar-refractivity contribution in [3.8, 4) is 5.69 Å². The zero-order valence-corrected chi connectivity index (χ0v) is 20.9. The molecule has 3 aromatic rings. The molecule has 2 aliphatic rings. The molecular weight excluding hydrogens is 462 g/mol. The van der Waals surface area contributed by atoms with E-state index in [-0.39, 0.29) is 5.56 Å². The Morgan fingerprint density at radius 1 is 1.03 bits per heavy atom. The first-order valence-electron chi connectivity index (χ1n) is 12.2. The predicted octanol–water partition coefficient (Wildman–Crippen LogP) is 5.94. The summed E-state index contributed by atoms with van der Waals surface area (Å²) in [5.74, 6) is 0.733. The fourth-order valence-electron chi connectivity index (χ4n) is 5.14. The molecule has 5 rings (SSSR count). The number of benzene rings is 2. The number of halogens is 1. The van der Waals surface area contributed by atoms with Gasteiger partial charge in [0, 0.05) is 11.6 Å². The first-order valence-corrected chi connectivity index (χ1v) is 13.0. The van der Waals surface area contributed by atoms with Crippen molar-refractivity contribution in [3.05, 3.63) is 86.6 Å². The van der Waals surface area contributed by atoms with Gasteiger partial charge in [-0.15, -0.1) is 12.6 Å². The SMILES string of the molecule is O=c1c(S)c(/C=C/c2ccc(Cl)cc2)ncn1-c1ccc2c(c1)CCC(CN1CCCCC1)C2. The van der Waals surface area contributed by atoms with Gasteiger partial charge in [0.2, 0.25) is 0 Å². The van der Waals surface area contributed by atoms with E-state index in [9.17, 15) is 4.79 Å². The summed E-state index contributed by atoms with van der Waals surface area (Å²) in [7, 11) is 0. The van der Waals surface area contributed by atoms with E-state index in [1.54, 1.807) is 10.9 Å². The highest BCUT2D eigenvalue weighted by Crippen LogP contribution is 2.28. The maximum Gasteiger partial charge on any atom is 0.271 e. The summed E-state index contributed by atoms with van der Waals surface area (Å²) in [5, 5.41) is 0.690. The quantitative estimate of drug-likeness (QED) is 0.449. The number of nitrogens with zero attached hydrogens (tertiary/aromatic N) is 3. The second-order valence-corrected chi connectivity index (χ2v) is 10.3. The number of hydrogen-bond donors (Lipinski definition) is 1. The van der Waals surface area contributed by atoms with Crippen LogP contribution < -0.4 is 5.56 Å². The minimum absolute atomic E-state index is 0.159. The first kappa shape index (κ1) is 23.4. The average Bonchev–Trinajstić information content (AvgIpc) is 2.86. The van der Waals surface area contributed by atoms with Gasteiger partial charge in [-0.25, -0.2) is 4.98 Å². The Balaban J connectivity index is 1.32. The summed E-state index contributed by atoms with van der Waals surface area (Å²) in [6.07, 6.45) is 12.8. The molecule has 2 heterocycles. The summed E-state index contributed by atoms with van der Waals surface area (Å²) >= 11 is 10.4. The Hall–Kier alpha value is -2.34. The molecule has 176 valence electrons. The number of aromatic nitrogens is 2. The molecule has 1 atom stereocenters. The van der Waals surface area contributed by atoms with Crippen LogP contribution in [0.15, 0.2) is 58.5 Å². The average molecular weight is 492 g/mol. The summed E-state index contributed by atoms with van der Waals surface area (Å²) in [6, 6.07) is 13.9. The number of fused-ring (bicyclic) bond motifs is 1. The lowest BCUT2D eigenvalue weighted by atomic mass is 9.83. The molecular formula is C28H30ClN3OS. The molecule has 1 aliphatic carbocycles. The van der Waals surface area contributed by atoms with Crippen molar-refractivity contribution >= 4 is 36.4 Å². The van der Waals surface area contributed by atoms with Crippen molar-refractivity contribution in [2.45, 2.75) is 43.4 Å². The largest absolute Gasteiger partial charge is 0.303 e. The van der Waals surface area contributed by atoms with Crippen LogP contribution in [0.2, 0.25) is 5.02 Å². The number of piperidine rings is 1. The summed E-state index contributed by atoms with van der Waals surface area (Å²) in [6.45, 7) is 3.74. The van der Waals surface area contributed by atoms with E-state index in [0.29, 0.717) is 15.6 Å². The van der Waals surface area contributed by atoms with E-state index in [4.69, 9.17) is 11.6 Å². The fraction of sp³-hybridized carbons (Fsp3) is 0.357. The molecule has 1 aromatic heterocycles. The second kappa shape index (κ2) is 10.5.